The molecule has 0 fully saturated rings. The number of thioether (sulfide) groups is 1. The van der Waals surface area contributed by atoms with Crippen LogP contribution in [0, 0.1) is 0 Å². The first-order chi connectivity index (χ1) is 4.41. The van der Waals surface area contributed by atoms with Gasteiger partial charge in [-0.1, -0.05) is 0 Å². The van der Waals surface area contributed by atoms with E-state index in [1.165, 1.54) is 20.4 Å². The van der Waals surface area contributed by atoms with Crippen molar-refractivity contribution in [1.29, 1.82) is 0 Å². The average Bonchev–Trinajstić information content (AvgIpc) is 1.89. The minimum atomic E-state index is 0.0325. The Labute approximate surface area is 72.4 Å². The Morgan fingerprint density at radius 3 is 2.89 bits per heavy atom. The summed E-state index contributed by atoms with van der Waals surface area (Å²) in [7, 11) is 0. The average molecular weight is 252 g/mol. The summed E-state index contributed by atoms with van der Waals surface area (Å²) in [6.45, 7) is 3.13. The fourth-order valence-electron chi connectivity index (χ4n) is 0.473. The van der Waals surface area contributed by atoms with Crippen molar-refractivity contribution in [2.45, 2.75) is 17.8 Å². The normalized spacial score (nSPS) is 9.11. The molecule has 0 aliphatic rings. The van der Waals surface area contributed by atoms with E-state index >= 15 is 0 Å². The fourth-order valence-corrected chi connectivity index (χ4v) is 6.48. The number of hydrogen-bond donors (Lipinski definition) is 1. The second-order valence-corrected chi connectivity index (χ2v) is 8.38. The van der Waals surface area contributed by atoms with Gasteiger partial charge in [-0.3, -0.25) is 0 Å². The number of nitrogens with two attached hydrogens (primary N) is 1. The summed E-state index contributed by atoms with van der Waals surface area (Å²) in [4.78, 5) is 0. The number of rotatable bonds is 6. The zero-order valence-corrected chi connectivity index (χ0v) is 9.69. The van der Waals surface area contributed by atoms with Crippen molar-refractivity contribution in [1.82, 2.24) is 0 Å². The van der Waals surface area contributed by atoms with E-state index in [1.54, 1.807) is 0 Å². The van der Waals surface area contributed by atoms with Gasteiger partial charge in [0.2, 0.25) is 0 Å². The van der Waals surface area contributed by atoms with Gasteiger partial charge in [0.25, 0.3) is 0 Å². The SMILES string of the molecule is CCS[CH2][Sn+2][CH2]CCN. The van der Waals surface area contributed by atoms with Crippen LogP contribution in [-0.2, 0) is 0 Å². The molecule has 0 unspecified atom stereocenters. The molecule has 0 heterocycles. The predicted octanol–water partition coefficient (Wildman–Crippen LogP) is 1.17. The van der Waals surface area contributed by atoms with E-state index in [4.69, 9.17) is 5.73 Å². The molecule has 0 bridgehead atoms. The Morgan fingerprint density at radius 1 is 1.56 bits per heavy atom. The van der Waals surface area contributed by atoms with Crippen LogP contribution < -0.4 is 5.73 Å². The summed E-state index contributed by atoms with van der Waals surface area (Å²) in [5.41, 5.74) is 5.36. The molecule has 0 aromatic heterocycles. The van der Waals surface area contributed by atoms with Crippen LogP contribution in [0.1, 0.15) is 13.3 Å². The molecular formula is C6H15NSSn+2. The van der Waals surface area contributed by atoms with E-state index in [0.29, 0.717) is 0 Å². The van der Waals surface area contributed by atoms with E-state index in [-0.39, 0.29) is 21.1 Å². The van der Waals surface area contributed by atoms with Gasteiger partial charge in [0.1, 0.15) is 0 Å². The molecular weight excluding hydrogens is 237 g/mol. The second kappa shape index (κ2) is 9.11. The van der Waals surface area contributed by atoms with Crippen LogP contribution in [0.25, 0.3) is 0 Å². The molecule has 0 rings (SSSR count). The predicted molar refractivity (Wildman–Crippen MR) is 47.2 cm³/mol. The van der Waals surface area contributed by atoms with Crippen LogP contribution in [0.2, 0.25) is 4.44 Å². The maximum absolute atomic E-state index is 5.36. The molecule has 0 saturated heterocycles. The Balaban J connectivity index is 2.60. The Hall–Kier alpha value is 1.11. The van der Waals surface area contributed by atoms with Crippen molar-refractivity contribution in [3.63, 3.8) is 0 Å². The summed E-state index contributed by atoms with van der Waals surface area (Å²) in [6, 6.07) is 0. The maximum atomic E-state index is 5.36. The van der Waals surface area contributed by atoms with E-state index in [1.807, 2.05) is 0 Å². The summed E-state index contributed by atoms with van der Waals surface area (Å²) < 4.78 is 2.96. The molecule has 0 aromatic carbocycles. The van der Waals surface area contributed by atoms with E-state index in [9.17, 15) is 0 Å². The summed E-state index contributed by atoms with van der Waals surface area (Å²) in [5, 5.41) is 0. The third-order valence-corrected chi connectivity index (χ3v) is 7.30. The first-order valence-corrected chi connectivity index (χ1v) is 8.59. The molecule has 9 heavy (non-hydrogen) atoms. The van der Waals surface area contributed by atoms with Crippen LogP contribution >= 0.6 is 11.8 Å². The van der Waals surface area contributed by atoms with Crippen LogP contribution in [0.15, 0.2) is 0 Å². The molecule has 0 radical (unpaired) electrons. The van der Waals surface area contributed by atoms with E-state index in [2.05, 4.69) is 18.7 Å². The van der Waals surface area contributed by atoms with Crippen molar-refractivity contribution >= 4 is 32.9 Å². The molecule has 0 saturated carbocycles. The van der Waals surface area contributed by atoms with Crippen molar-refractivity contribution < 1.29 is 0 Å². The van der Waals surface area contributed by atoms with Gasteiger partial charge in [-0.15, -0.1) is 0 Å². The first kappa shape index (κ1) is 10.1. The minimum absolute atomic E-state index is 0.0325. The molecule has 0 amide bonds. The fraction of sp³-hybridized carbons (Fsp3) is 1.00. The molecule has 2 N–H and O–H groups in total. The Morgan fingerprint density at radius 2 is 2.33 bits per heavy atom. The third-order valence-electron chi connectivity index (χ3n) is 0.966. The van der Waals surface area contributed by atoms with Gasteiger partial charge in [0.05, 0.1) is 0 Å². The van der Waals surface area contributed by atoms with E-state index < -0.39 is 0 Å². The zero-order chi connectivity index (χ0) is 6.95. The van der Waals surface area contributed by atoms with Crippen molar-refractivity contribution in [3.8, 4) is 0 Å². The van der Waals surface area contributed by atoms with Crippen LogP contribution in [0.3, 0.4) is 0 Å². The molecule has 0 atom stereocenters. The third kappa shape index (κ3) is 9.11. The summed E-state index contributed by atoms with van der Waals surface area (Å²) in [6.07, 6.45) is 1.27. The van der Waals surface area contributed by atoms with Gasteiger partial charge in [-0.2, -0.15) is 0 Å². The Kier molecular flexibility index (Phi) is 10.2. The van der Waals surface area contributed by atoms with Gasteiger partial charge in [-0.25, -0.2) is 0 Å². The molecule has 52 valence electrons. The van der Waals surface area contributed by atoms with Crippen LogP contribution in [0.5, 0.6) is 0 Å². The monoisotopic (exact) mass is 253 g/mol. The molecule has 0 aliphatic carbocycles. The molecule has 1 nitrogen and oxygen atoms in total. The molecule has 3 heteroatoms. The Bertz CT molecular complexity index is 46.3. The van der Waals surface area contributed by atoms with Gasteiger partial charge in [0, 0.05) is 0 Å². The molecule has 0 aromatic rings. The molecule has 0 aliphatic heterocycles. The van der Waals surface area contributed by atoms with Gasteiger partial charge in [0.15, 0.2) is 0 Å². The van der Waals surface area contributed by atoms with Crippen LogP contribution in [0.4, 0.5) is 0 Å². The summed E-state index contributed by atoms with van der Waals surface area (Å²) >= 11 is 2.13. The number of hydrogen-bond acceptors (Lipinski definition) is 2. The topological polar surface area (TPSA) is 26.0 Å². The second-order valence-electron chi connectivity index (χ2n) is 1.78. The standard InChI is InChI=1S/C3H8N.C3H7S.Sn/c1-2-3-4;1-3-4-2;/h1-4H2;2-3H2,1H3;/q;;+2. The van der Waals surface area contributed by atoms with E-state index in [0.717, 1.165) is 6.54 Å². The van der Waals surface area contributed by atoms with Crippen molar-refractivity contribution in [2.75, 3.05) is 16.1 Å². The van der Waals surface area contributed by atoms with Crippen LogP contribution in [-0.4, -0.2) is 37.2 Å². The summed E-state index contributed by atoms with van der Waals surface area (Å²) in [5.74, 6) is 1.30. The zero-order valence-electron chi connectivity index (χ0n) is 6.02. The van der Waals surface area contributed by atoms with Crippen molar-refractivity contribution in [2.24, 2.45) is 5.73 Å². The molecule has 0 spiro atoms. The van der Waals surface area contributed by atoms with Crippen molar-refractivity contribution in [3.05, 3.63) is 0 Å². The van der Waals surface area contributed by atoms with Gasteiger partial charge >= 0.3 is 72.5 Å². The first-order valence-electron chi connectivity index (χ1n) is 3.40. The van der Waals surface area contributed by atoms with Gasteiger partial charge in [-0.05, 0) is 0 Å². The quantitative estimate of drug-likeness (QED) is 0.567. The van der Waals surface area contributed by atoms with Gasteiger partial charge < -0.3 is 0 Å².